The summed E-state index contributed by atoms with van der Waals surface area (Å²) in [5.41, 5.74) is 2.81. The van der Waals surface area contributed by atoms with Crippen molar-refractivity contribution in [2.24, 2.45) is 0 Å². The third-order valence-electron chi connectivity index (χ3n) is 4.53. The van der Waals surface area contributed by atoms with Crippen LogP contribution >= 0.6 is 0 Å². The van der Waals surface area contributed by atoms with Gasteiger partial charge in [0.2, 0.25) is 0 Å². The fraction of sp³-hybridized carbons (Fsp3) is 0.435. The Morgan fingerprint density at radius 2 is 0.958 bits per heavy atom. The molecule has 0 aliphatic heterocycles. The van der Waals surface area contributed by atoms with Gasteiger partial charge in [-0.05, 0) is 49.7 Å². The minimum Gasteiger partial charge on any atom is -0.300 e. The van der Waals surface area contributed by atoms with Crippen LogP contribution in [0, 0.1) is 0 Å². The van der Waals surface area contributed by atoms with E-state index in [2.05, 4.69) is 60.7 Å². The predicted molar refractivity (Wildman–Crippen MR) is 102 cm³/mol. The van der Waals surface area contributed by atoms with Gasteiger partial charge in [0.15, 0.2) is 0 Å². The van der Waals surface area contributed by atoms with Gasteiger partial charge >= 0.3 is 0 Å². The van der Waals surface area contributed by atoms with Crippen molar-refractivity contribution < 1.29 is 4.79 Å². The van der Waals surface area contributed by atoms with Gasteiger partial charge in [-0.3, -0.25) is 4.79 Å². The summed E-state index contributed by atoms with van der Waals surface area (Å²) in [6.07, 6.45) is 10.6. The second kappa shape index (κ2) is 11.6. The standard InChI is InChI=1S/C23H30O/c24-23(19-11-3-9-17-21-13-5-1-6-14-21)20-12-4-10-18-22-15-7-2-8-16-22/h1-2,5-8,13-16H,3-4,9-12,17-20H2. The molecule has 128 valence electrons. The molecule has 0 unspecified atom stereocenters. The Morgan fingerprint density at radius 3 is 1.38 bits per heavy atom. The van der Waals surface area contributed by atoms with E-state index in [9.17, 15) is 4.79 Å². The molecule has 0 atom stereocenters. The molecule has 24 heavy (non-hydrogen) atoms. The molecule has 0 fully saturated rings. The predicted octanol–water partition coefficient (Wildman–Crippen LogP) is 6.16. The number of benzene rings is 2. The highest BCUT2D eigenvalue weighted by Crippen LogP contribution is 2.11. The van der Waals surface area contributed by atoms with Crippen LogP contribution in [0.1, 0.15) is 62.5 Å². The summed E-state index contributed by atoms with van der Waals surface area (Å²) in [6, 6.07) is 21.2. The SMILES string of the molecule is O=C(CCCCCc1ccccc1)CCCCCc1ccccc1. The van der Waals surface area contributed by atoms with Crippen molar-refractivity contribution in [2.45, 2.75) is 64.2 Å². The van der Waals surface area contributed by atoms with Crippen LogP contribution in [0.2, 0.25) is 0 Å². The fourth-order valence-electron chi connectivity index (χ4n) is 3.07. The summed E-state index contributed by atoms with van der Waals surface area (Å²) >= 11 is 0. The van der Waals surface area contributed by atoms with E-state index in [0.29, 0.717) is 5.78 Å². The second-order valence-electron chi connectivity index (χ2n) is 6.63. The van der Waals surface area contributed by atoms with Crippen LogP contribution in [0.4, 0.5) is 0 Å². The number of ketones is 1. The molecule has 0 saturated heterocycles. The molecule has 0 N–H and O–H groups in total. The Labute approximate surface area is 147 Å². The topological polar surface area (TPSA) is 17.1 Å². The second-order valence-corrected chi connectivity index (χ2v) is 6.63. The van der Waals surface area contributed by atoms with Gasteiger partial charge in [0.25, 0.3) is 0 Å². The zero-order valence-electron chi connectivity index (χ0n) is 14.8. The molecule has 0 spiro atoms. The van der Waals surface area contributed by atoms with E-state index in [4.69, 9.17) is 0 Å². The molecule has 2 aromatic carbocycles. The fourth-order valence-corrected chi connectivity index (χ4v) is 3.07. The average Bonchev–Trinajstić information content (AvgIpc) is 2.63. The van der Waals surface area contributed by atoms with Gasteiger partial charge in [-0.15, -0.1) is 0 Å². The molecule has 0 amide bonds. The van der Waals surface area contributed by atoms with Crippen molar-refractivity contribution in [3.63, 3.8) is 0 Å². The molecule has 0 aliphatic carbocycles. The van der Waals surface area contributed by atoms with Crippen molar-refractivity contribution in [1.82, 2.24) is 0 Å². The van der Waals surface area contributed by atoms with E-state index >= 15 is 0 Å². The van der Waals surface area contributed by atoms with Gasteiger partial charge in [-0.25, -0.2) is 0 Å². The molecule has 0 bridgehead atoms. The van der Waals surface area contributed by atoms with Crippen LogP contribution in [0.3, 0.4) is 0 Å². The van der Waals surface area contributed by atoms with Crippen molar-refractivity contribution in [1.29, 1.82) is 0 Å². The quantitative estimate of drug-likeness (QED) is 0.428. The number of rotatable bonds is 12. The van der Waals surface area contributed by atoms with Crippen molar-refractivity contribution in [3.05, 3.63) is 71.8 Å². The number of hydrogen-bond acceptors (Lipinski definition) is 1. The lowest BCUT2D eigenvalue weighted by Crippen LogP contribution is -1.98. The normalized spacial score (nSPS) is 10.7. The first kappa shape index (κ1) is 18.4. The largest absolute Gasteiger partial charge is 0.300 e. The van der Waals surface area contributed by atoms with Gasteiger partial charge < -0.3 is 0 Å². The van der Waals surface area contributed by atoms with Gasteiger partial charge in [-0.1, -0.05) is 73.5 Å². The van der Waals surface area contributed by atoms with Crippen molar-refractivity contribution in [3.8, 4) is 0 Å². The molecule has 0 heterocycles. The van der Waals surface area contributed by atoms with Gasteiger partial charge in [0, 0.05) is 12.8 Å². The van der Waals surface area contributed by atoms with Crippen LogP contribution in [0.15, 0.2) is 60.7 Å². The number of Topliss-reactive ketones (excluding diaryl/α,β-unsaturated/α-hetero) is 1. The molecule has 1 nitrogen and oxygen atoms in total. The summed E-state index contributed by atoms with van der Waals surface area (Å²) in [6.45, 7) is 0. The molecule has 0 aliphatic rings. The molecule has 2 rings (SSSR count). The number of carbonyl (C=O) groups is 1. The minimum absolute atomic E-state index is 0.453. The van der Waals surface area contributed by atoms with Crippen molar-refractivity contribution in [2.75, 3.05) is 0 Å². The summed E-state index contributed by atoms with van der Waals surface area (Å²) in [5.74, 6) is 0.453. The highest BCUT2D eigenvalue weighted by Gasteiger charge is 2.02. The lowest BCUT2D eigenvalue weighted by atomic mass is 10.0. The number of aryl methyl sites for hydroxylation is 2. The Balaban J connectivity index is 1.42. The van der Waals surface area contributed by atoms with Crippen molar-refractivity contribution >= 4 is 5.78 Å². The highest BCUT2D eigenvalue weighted by molar-refractivity contribution is 5.78. The Kier molecular flexibility index (Phi) is 8.93. The van der Waals surface area contributed by atoms with Crippen LogP contribution in [-0.2, 0) is 17.6 Å². The number of carbonyl (C=O) groups excluding carboxylic acids is 1. The van der Waals surface area contributed by atoms with Crippen LogP contribution in [0.5, 0.6) is 0 Å². The molecular formula is C23H30O. The Hall–Kier alpha value is -1.89. The summed E-state index contributed by atoms with van der Waals surface area (Å²) in [5, 5.41) is 0. The van der Waals surface area contributed by atoms with Gasteiger partial charge in [0.1, 0.15) is 5.78 Å². The Bertz CT molecular complexity index is 508. The summed E-state index contributed by atoms with van der Waals surface area (Å²) < 4.78 is 0. The molecule has 2 aromatic rings. The van der Waals surface area contributed by atoms with E-state index < -0.39 is 0 Å². The van der Waals surface area contributed by atoms with E-state index in [1.807, 2.05) is 0 Å². The molecular weight excluding hydrogens is 292 g/mol. The van der Waals surface area contributed by atoms with E-state index in [-0.39, 0.29) is 0 Å². The summed E-state index contributed by atoms with van der Waals surface area (Å²) in [7, 11) is 0. The Morgan fingerprint density at radius 1 is 0.542 bits per heavy atom. The number of unbranched alkanes of at least 4 members (excludes halogenated alkanes) is 4. The average molecular weight is 322 g/mol. The molecule has 0 saturated carbocycles. The van der Waals surface area contributed by atoms with E-state index in [1.165, 1.54) is 24.0 Å². The first-order valence-electron chi connectivity index (χ1n) is 9.44. The lowest BCUT2D eigenvalue weighted by molar-refractivity contribution is -0.119. The van der Waals surface area contributed by atoms with Gasteiger partial charge in [0.05, 0.1) is 0 Å². The monoisotopic (exact) mass is 322 g/mol. The maximum atomic E-state index is 11.9. The van der Waals surface area contributed by atoms with Crippen LogP contribution in [-0.4, -0.2) is 5.78 Å². The summed E-state index contributed by atoms with van der Waals surface area (Å²) in [4.78, 5) is 11.9. The van der Waals surface area contributed by atoms with E-state index in [1.54, 1.807) is 0 Å². The molecule has 0 radical (unpaired) electrons. The van der Waals surface area contributed by atoms with Crippen LogP contribution < -0.4 is 0 Å². The van der Waals surface area contributed by atoms with E-state index in [0.717, 1.165) is 51.4 Å². The third kappa shape index (κ3) is 8.10. The first-order valence-corrected chi connectivity index (χ1v) is 9.44. The minimum atomic E-state index is 0.453. The smallest absolute Gasteiger partial charge is 0.132 e. The zero-order valence-corrected chi connectivity index (χ0v) is 14.8. The maximum Gasteiger partial charge on any atom is 0.132 e. The maximum absolute atomic E-state index is 11.9. The molecule has 0 aromatic heterocycles. The number of hydrogen-bond donors (Lipinski definition) is 0. The van der Waals surface area contributed by atoms with Crippen LogP contribution in [0.25, 0.3) is 0 Å². The molecule has 1 heteroatoms. The highest BCUT2D eigenvalue weighted by atomic mass is 16.1. The van der Waals surface area contributed by atoms with Gasteiger partial charge in [-0.2, -0.15) is 0 Å². The zero-order chi connectivity index (χ0) is 16.9. The third-order valence-corrected chi connectivity index (χ3v) is 4.53. The first-order chi connectivity index (χ1) is 11.8. The lowest BCUT2D eigenvalue weighted by Gasteiger charge is -2.03.